The van der Waals surface area contributed by atoms with E-state index in [1.807, 2.05) is 0 Å². The van der Waals surface area contributed by atoms with E-state index >= 15 is 0 Å². The molecular formula is C15H29NO. The van der Waals surface area contributed by atoms with Gasteiger partial charge < -0.3 is 10.0 Å². The van der Waals surface area contributed by atoms with Gasteiger partial charge in [0.2, 0.25) is 0 Å². The van der Waals surface area contributed by atoms with Gasteiger partial charge in [0, 0.05) is 5.41 Å². The molecule has 0 spiro atoms. The van der Waals surface area contributed by atoms with Gasteiger partial charge >= 0.3 is 0 Å². The molecule has 2 bridgehead atoms. The molecule has 0 saturated heterocycles. The molecule has 0 unspecified atom stereocenters. The molecule has 3 atom stereocenters. The van der Waals surface area contributed by atoms with Crippen LogP contribution in [0, 0.1) is 16.7 Å². The van der Waals surface area contributed by atoms with Gasteiger partial charge in [-0.2, -0.15) is 0 Å². The number of hydrogen-bond donors (Lipinski definition) is 1. The van der Waals surface area contributed by atoms with E-state index in [0.717, 1.165) is 31.7 Å². The molecule has 0 amide bonds. The highest BCUT2D eigenvalue weighted by Gasteiger charge is 2.67. The second kappa shape index (κ2) is 3.96. The Hall–Kier alpha value is -0.0800. The monoisotopic (exact) mass is 239 g/mol. The van der Waals surface area contributed by atoms with Crippen molar-refractivity contribution in [3.8, 4) is 0 Å². The first-order chi connectivity index (χ1) is 7.73. The summed E-state index contributed by atoms with van der Waals surface area (Å²) >= 11 is 0. The number of rotatable bonds is 4. The van der Waals surface area contributed by atoms with Crippen molar-refractivity contribution in [2.75, 3.05) is 20.6 Å². The highest BCUT2D eigenvalue weighted by molar-refractivity contribution is 5.17. The number of aliphatic hydroxyl groups is 1. The van der Waals surface area contributed by atoms with Gasteiger partial charge in [-0.25, -0.2) is 0 Å². The van der Waals surface area contributed by atoms with E-state index in [1.54, 1.807) is 0 Å². The Morgan fingerprint density at radius 2 is 1.88 bits per heavy atom. The molecule has 0 aromatic rings. The fraction of sp³-hybridized carbons (Fsp3) is 1.00. The van der Waals surface area contributed by atoms with Gasteiger partial charge in [-0.05, 0) is 64.1 Å². The summed E-state index contributed by atoms with van der Waals surface area (Å²) < 4.78 is 0. The molecule has 2 nitrogen and oxygen atoms in total. The summed E-state index contributed by atoms with van der Waals surface area (Å²) in [4.78, 5) is 2.21. The molecule has 100 valence electrons. The molecule has 0 heterocycles. The van der Waals surface area contributed by atoms with Crippen molar-refractivity contribution in [2.45, 2.75) is 58.5 Å². The molecule has 2 aliphatic rings. The van der Waals surface area contributed by atoms with Crippen molar-refractivity contribution >= 4 is 0 Å². The Bertz CT molecular complexity index is 299. The fourth-order valence-electron chi connectivity index (χ4n) is 4.48. The third-order valence-electron chi connectivity index (χ3n) is 6.24. The first-order valence-electron chi connectivity index (χ1n) is 7.10. The Balaban J connectivity index is 2.07. The van der Waals surface area contributed by atoms with Crippen LogP contribution in [0.15, 0.2) is 0 Å². The molecule has 1 N–H and O–H groups in total. The average molecular weight is 239 g/mol. The topological polar surface area (TPSA) is 23.5 Å². The van der Waals surface area contributed by atoms with Crippen LogP contribution in [0.25, 0.3) is 0 Å². The van der Waals surface area contributed by atoms with E-state index < -0.39 is 5.60 Å². The Labute approximate surface area is 106 Å². The summed E-state index contributed by atoms with van der Waals surface area (Å²) in [5, 5.41) is 11.1. The van der Waals surface area contributed by atoms with Gasteiger partial charge in [0.25, 0.3) is 0 Å². The van der Waals surface area contributed by atoms with Crippen LogP contribution >= 0.6 is 0 Å². The van der Waals surface area contributed by atoms with Crippen LogP contribution in [-0.2, 0) is 0 Å². The van der Waals surface area contributed by atoms with Gasteiger partial charge in [-0.15, -0.1) is 0 Å². The quantitative estimate of drug-likeness (QED) is 0.815. The maximum atomic E-state index is 11.1. The van der Waals surface area contributed by atoms with E-state index in [1.165, 1.54) is 12.8 Å². The van der Waals surface area contributed by atoms with Crippen molar-refractivity contribution in [1.29, 1.82) is 0 Å². The molecule has 0 aliphatic heterocycles. The van der Waals surface area contributed by atoms with Gasteiger partial charge in [-0.3, -0.25) is 0 Å². The molecular weight excluding hydrogens is 210 g/mol. The number of nitrogens with zero attached hydrogens (tertiary/aromatic N) is 1. The van der Waals surface area contributed by atoms with Crippen molar-refractivity contribution < 1.29 is 5.11 Å². The highest BCUT2D eigenvalue weighted by Crippen LogP contribution is 2.70. The zero-order valence-corrected chi connectivity index (χ0v) is 12.2. The van der Waals surface area contributed by atoms with Crippen LogP contribution in [0.5, 0.6) is 0 Å². The van der Waals surface area contributed by atoms with Gasteiger partial charge in [0.1, 0.15) is 0 Å². The zero-order chi connectivity index (χ0) is 12.9. The van der Waals surface area contributed by atoms with Crippen molar-refractivity contribution in [1.82, 2.24) is 4.90 Å². The summed E-state index contributed by atoms with van der Waals surface area (Å²) in [7, 11) is 4.22. The van der Waals surface area contributed by atoms with Crippen LogP contribution in [0.3, 0.4) is 0 Å². The number of fused-ring (bicyclic) bond motifs is 2. The van der Waals surface area contributed by atoms with Crippen LogP contribution in [-0.4, -0.2) is 36.2 Å². The minimum absolute atomic E-state index is 0.136. The maximum absolute atomic E-state index is 11.1. The van der Waals surface area contributed by atoms with Crippen LogP contribution < -0.4 is 0 Å². The lowest BCUT2D eigenvalue weighted by molar-refractivity contribution is -0.0962. The van der Waals surface area contributed by atoms with Crippen molar-refractivity contribution in [3.05, 3.63) is 0 Å². The van der Waals surface area contributed by atoms with Crippen LogP contribution in [0.4, 0.5) is 0 Å². The van der Waals surface area contributed by atoms with E-state index in [0.29, 0.717) is 5.41 Å². The standard InChI is InChI=1S/C15H29NO/c1-13(2)12-7-9-14(13,3)15(17,11-12)8-6-10-16(4)5/h12,17H,6-11H2,1-5H3/t12-,14-,15-/m1/s1. The predicted molar refractivity (Wildman–Crippen MR) is 72.0 cm³/mol. The lowest BCUT2D eigenvalue weighted by Gasteiger charge is -2.45. The van der Waals surface area contributed by atoms with E-state index in [4.69, 9.17) is 0 Å². The molecule has 17 heavy (non-hydrogen) atoms. The van der Waals surface area contributed by atoms with Gasteiger partial charge in [0.05, 0.1) is 5.60 Å². The lowest BCUT2D eigenvalue weighted by atomic mass is 9.63. The van der Waals surface area contributed by atoms with Crippen molar-refractivity contribution in [2.24, 2.45) is 16.7 Å². The average Bonchev–Trinajstić information content (AvgIpc) is 2.49. The first kappa shape index (κ1) is 13.4. The molecule has 0 aromatic carbocycles. The molecule has 2 heteroatoms. The second-order valence-electron chi connectivity index (χ2n) is 7.43. The van der Waals surface area contributed by atoms with E-state index in [-0.39, 0.29) is 5.41 Å². The summed E-state index contributed by atoms with van der Waals surface area (Å²) in [6.45, 7) is 8.16. The van der Waals surface area contributed by atoms with Crippen molar-refractivity contribution in [3.63, 3.8) is 0 Å². The molecule has 2 aliphatic carbocycles. The zero-order valence-electron chi connectivity index (χ0n) is 12.2. The molecule has 0 aromatic heterocycles. The minimum atomic E-state index is -0.407. The van der Waals surface area contributed by atoms with Gasteiger partial charge in [0.15, 0.2) is 0 Å². The Kier molecular flexibility index (Phi) is 3.11. The third-order valence-corrected chi connectivity index (χ3v) is 6.24. The van der Waals surface area contributed by atoms with E-state index in [9.17, 15) is 5.11 Å². The largest absolute Gasteiger partial charge is 0.389 e. The Morgan fingerprint density at radius 1 is 1.24 bits per heavy atom. The molecule has 2 rings (SSSR count). The summed E-state index contributed by atoms with van der Waals surface area (Å²) in [6, 6.07) is 0. The normalized spacial score (nSPS) is 43.6. The first-order valence-corrected chi connectivity index (χ1v) is 7.10. The third kappa shape index (κ3) is 1.76. The van der Waals surface area contributed by atoms with Gasteiger partial charge in [-0.1, -0.05) is 20.8 Å². The number of hydrogen-bond acceptors (Lipinski definition) is 2. The predicted octanol–water partition coefficient (Wildman–Crippen LogP) is 2.91. The minimum Gasteiger partial charge on any atom is -0.389 e. The lowest BCUT2D eigenvalue weighted by Crippen LogP contribution is -2.47. The summed E-state index contributed by atoms with van der Waals surface area (Å²) in [5.41, 5.74) is 0.0479. The fourth-order valence-corrected chi connectivity index (χ4v) is 4.48. The molecule has 2 fully saturated rings. The smallest absolute Gasteiger partial charge is 0.0709 e. The second-order valence-corrected chi connectivity index (χ2v) is 7.43. The summed E-state index contributed by atoms with van der Waals surface area (Å²) in [6.07, 6.45) is 5.65. The molecule has 0 radical (unpaired) electrons. The Morgan fingerprint density at radius 3 is 2.29 bits per heavy atom. The highest BCUT2D eigenvalue weighted by atomic mass is 16.3. The summed E-state index contributed by atoms with van der Waals surface area (Å²) in [5.74, 6) is 0.733. The van der Waals surface area contributed by atoms with Crippen LogP contribution in [0.1, 0.15) is 52.9 Å². The maximum Gasteiger partial charge on any atom is 0.0709 e. The van der Waals surface area contributed by atoms with Crippen LogP contribution in [0.2, 0.25) is 0 Å². The SMILES string of the molecule is CN(C)CCC[C@@]1(O)C[C@H]2CC[C@]1(C)C2(C)C. The van der Waals surface area contributed by atoms with E-state index in [2.05, 4.69) is 39.8 Å². The molecule has 2 saturated carbocycles.